The van der Waals surface area contributed by atoms with Gasteiger partial charge in [0.15, 0.2) is 6.10 Å². The lowest BCUT2D eigenvalue weighted by Gasteiger charge is -2.24. The van der Waals surface area contributed by atoms with Gasteiger partial charge in [0.05, 0.1) is 6.10 Å². The molecule has 3 aliphatic rings. The average Bonchev–Trinajstić information content (AvgIpc) is 3.37. The minimum absolute atomic E-state index is 0.0174. The van der Waals surface area contributed by atoms with Crippen LogP contribution in [0, 0.1) is 11.8 Å². The smallest absolute Gasteiger partial charge is 0.332 e. The molecule has 2 unspecified atom stereocenters. The Balaban J connectivity index is 1.42. The van der Waals surface area contributed by atoms with Crippen molar-refractivity contribution in [2.24, 2.45) is 11.8 Å². The molecule has 1 aliphatic heterocycles. The van der Waals surface area contributed by atoms with E-state index in [4.69, 9.17) is 9.84 Å². The van der Waals surface area contributed by atoms with Crippen LogP contribution in [0.25, 0.3) is 0 Å². The average molecular weight is 296 g/mol. The highest BCUT2D eigenvalue weighted by molar-refractivity contribution is 5.74. The van der Waals surface area contributed by atoms with Crippen molar-refractivity contribution in [3.8, 4) is 0 Å². The van der Waals surface area contributed by atoms with Crippen molar-refractivity contribution in [2.75, 3.05) is 19.6 Å². The van der Waals surface area contributed by atoms with Gasteiger partial charge >= 0.3 is 12.0 Å². The second kappa shape index (κ2) is 6.22. The predicted octanol–water partition coefficient (Wildman–Crippen LogP) is 1.45. The quantitative estimate of drug-likeness (QED) is 0.745. The summed E-state index contributed by atoms with van der Waals surface area (Å²) >= 11 is 0. The van der Waals surface area contributed by atoms with E-state index in [1.54, 1.807) is 0 Å². The molecule has 0 aromatic carbocycles. The van der Waals surface area contributed by atoms with Gasteiger partial charge in [-0.25, -0.2) is 9.59 Å². The first-order valence-corrected chi connectivity index (χ1v) is 8.03. The number of urea groups is 1. The third-order valence-electron chi connectivity index (χ3n) is 4.50. The van der Waals surface area contributed by atoms with Crippen molar-refractivity contribution in [3.05, 3.63) is 0 Å². The predicted molar refractivity (Wildman–Crippen MR) is 76.0 cm³/mol. The fourth-order valence-electron chi connectivity index (χ4n) is 2.82. The van der Waals surface area contributed by atoms with Gasteiger partial charge in [0.1, 0.15) is 0 Å². The van der Waals surface area contributed by atoms with Crippen LogP contribution >= 0.6 is 0 Å². The molecule has 3 fully saturated rings. The van der Waals surface area contributed by atoms with Crippen molar-refractivity contribution in [1.82, 2.24) is 10.2 Å². The normalized spacial score (nSPS) is 28.4. The zero-order valence-corrected chi connectivity index (χ0v) is 12.3. The molecule has 21 heavy (non-hydrogen) atoms. The summed E-state index contributed by atoms with van der Waals surface area (Å²) in [5, 5.41) is 11.8. The number of rotatable bonds is 7. The molecule has 2 amide bonds. The molecule has 0 spiro atoms. The van der Waals surface area contributed by atoms with Crippen molar-refractivity contribution in [3.63, 3.8) is 0 Å². The maximum Gasteiger partial charge on any atom is 0.332 e. The summed E-state index contributed by atoms with van der Waals surface area (Å²) in [6.07, 6.45) is 5.30. The van der Waals surface area contributed by atoms with Gasteiger partial charge in [-0.3, -0.25) is 0 Å². The monoisotopic (exact) mass is 296 g/mol. The maximum atomic E-state index is 12.3. The van der Waals surface area contributed by atoms with E-state index < -0.39 is 12.1 Å². The Morgan fingerprint density at radius 3 is 2.14 bits per heavy atom. The summed E-state index contributed by atoms with van der Waals surface area (Å²) in [6.45, 7) is 2.14. The lowest BCUT2D eigenvalue weighted by molar-refractivity contribution is -0.149. The van der Waals surface area contributed by atoms with Crippen LogP contribution in [0.2, 0.25) is 0 Å². The molecule has 0 aromatic heterocycles. The van der Waals surface area contributed by atoms with Crippen LogP contribution in [0.15, 0.2) is 0 Å². The van der Waals surface area contributed by atoms with Gasteiger partial charge in [0.2, 0.25) is 0 Å². The first-order chi connectivity index (χ1) is 10.1. The molecule has 2 atom stereocenters. The van der Waals surface area contributed by atoms with Gasteiger partial charge in [-0.1, -0.05) is 0 Å². The summed E-state index contributed by atoms with van der Waals surface area (Å²) < 4.78 is 5.41. The van der Waals surface area contributed by atoms with E-state index in [2.05, 4.69) is 5.32 Å². The van der Waals surface area contributed by atoms with E-state index in [0.717, 1.165) is 13.1 Å². The molecule has 2 N–H and O–H groups in total. The molecule has 118 valence electrons. The molecule has 1 saturated heterocycles. The number of nitrogens with zero attached hydrogens (tertiary/aromatic N) is 1. The highest BCUT2D eigenvalue weighted by Gasteiger charge is 2.33. The standard InChI is InChI=1S/C15H24N2O4/c18-14(19)13-6-5-12(21-13)7-16-15(20)17(8-10-1-2-10)9-11-3-4-11/h10-13H,1-9H2,(H,16,20)(H,18,19). The first-order valence-electron chi connectivity index (χ1n) is 8.03. The van der Waals surface area contributed by atoms with E-state index in [-0.39, 0.29) is 12.1 Å². The number of carbonyl (C=O) groups excluding carboxylic acids is 1. The molecule has 0 bridgehead atoms. The second-order valence-corrected chi connectivity index (χ2v) is 6.64. The first kappa shape index (κ1) is 14.6. The molecule has 1 heterocycles. The van der Waals surface area contributed by atoms with Crippen LogP contribution < -0.4 is 5.32 Å². The minimum atomic E-state index is -0.909. The number of ether oxygens (including phenoxy) is 1. The van der Waals surface area contributed by atoms with E-state index in [0.29, 0.717) is 31.2 Å². The minimum Gasteiger partial charge on any atom is -0.479 e. The summed E-state index contributed by atoms with van der Waals surface area (Å²) in [4.78, 5) is 25.1. The number of aliphatic carboxylic acids is 1. The number of carboxylic acids is 1. The summed E-state index contributed by atoms with van der Waals surface area (Å²) in [6, 6.07) is -0.0174. The molecule has 2 saturated carbocycles. The van der Waals surface area contributed by atoms with Crippen LogP contribution in [0.4, 0.5) is 4.79 Å². The van der Waals surface area contributed by atoms with Crippen LogP contribution in [0.3, 0.4) is 0 Å². The largest absolute Gasteiger partial charge is 0.479 e. The molecule has 0 aromatic rings. The van der Waals surface area contributed by atoms with Gasteiger partial charge in [-0.2, -0.15) is 0 Å². The summed E-state index contributed by atoms with van der Waals surface area (Å²) in [5.41, 5.74) is 0. The lowest BCUT2D eigenvalue weighted by atomic mass is 10.2. The lowest BCUT2D eigenvalue weighted by Crippen LogP contribution is -2.44. The second-order valence-electron chi connectivity index (χ2n) is 6.64. The van der Waals surface area contributed by atoms with E-state index in [9.17, 15) is 9.59 Å². The number of amides is 2. The molecule has 6 heteroatoms. The van der Waals surface area contributed by atoms with Crippen LogP contribution in [-0.2, 0) is 9.53 Å². The number of carbonyl (C=O) groups is 2. The number of hydrogen-bond donors (Lipinski definition) is 2. The molecule has 3 rings (SSSR count). The highest BCUT2D eigenvalue weighted by atomic mass is 16.5. The zero-order chi connectivity index (χ0) is 14.8. The Labute approximate surface area is 124 Å². The van der Waals surface area contributed by atoms with E-state index >= 15 is 0 Å². The zero-order valence-electron chi connectivity index (χ0n) is 12.3. The molecular weight excluding hydrogens is 272 g/mol. The van der Waals surface area contributed by atoms with Crippen LogP contribution in [0.5, 0.6) is 0 Å². The Kier molecular flexibility index (Phi) is 4.33. The summed E-state index contributed by atoms with van der Waals surface area (Å²) in [5.74, 6) is 0.468. The Morgan fingerprint density at radius 1 is 1.05 bits per heavy atom. The number of carboxylic acid groups (broad SMARTS) is 1. The Morgan fingerprint density at radius 2 is 1.67 bits per heavy atom. The van der Waals surface area contributed by atoms with Crippen molar-refractivity contribution in [2.45, 2.75) is 50.7 Å². The molecule has 6 nitrogen and oxygen atoms in total. The molecule has 2 aliphatic carbocycles. The van der Waals surface area contributed by atoms with Gasteiger partial charge in [0.25, 0.3) is 0 Å². The maximum absolute atomic E-state index is 12.3. The number of nitrogens with one attached hydrogen (secondary N) is 1. The third kappa shape index (κ3) is 4.33. The number of hydrogen-bond acceptors (Lipinski definition) is 3. The molecular formula is C15H24N2O4. The van der Waals surface area contributed by atoms with Crippen LogP contribution in [0.1, 0.15) is 38.5 Å². The van der Waals surface area contributed by atoms with E-state index in [1.165, 1.54) is 25.7 Å². The van der Waals surface area contributed by atoms with Gasteiger partial charge in [-0.05, 0) is 50.4 Å². The fraction of sp³-hybridized carbons (Fsp3) is 0.867. The SMILES string of the molecule is O=C(O)C1CCC(CNC(=O)N(CC2CC2)CC2CC2)O1. The van der Waals surface area contributed by atoms with Crippen molar-refractivity contribution < 1.29 is 19.4 Å². The Bertz CT molecular complexity index is 392. The van der Waals surface area contributed by atoms with Gasteiger partial charge < -0.3 is 20.1 Å². The van der Waals surface area contributed by atoms with Crippen molar-refractivity contribution in [1.29, 1.82) is 0 Å². The molecule has 0 radical (unpaired) electrons. The van der Waals surface area contributed by atoms with Gasteiger partial charge in [0, 0.05) is 19.6 Å². The topological polar surface area (TPSA) is 78.9 Å². The third-order valence-corrected chi connectivity index (χ3v) is 4.50. The summed E-state index contributed by atoms with van der Waals surface area (Å²) in [7, 11) is 0. The Hall–Kier alpha value is -1.30. The fourth-order valence-corrected chi connectivity index (χ4v) is 2.82. The van der Waals surface area contributed by atoms with Gasteiger partial charge in [-0.15, -0.1) is 0 Å². The van der Waals surface area contributed by atoms with Crippen LogP contribution in [-0.4, -0.2) is 53.8 Å². The highest BCUT2D eigenvalue weighted by Crippen LogP contribution is 2.33. The van der Waals surface area contributed by atoms with Crippen molar-refractivity contribution >= 4 is 12.0 Å². The van der Waals surface area contributed by atoms with E-state index in [1.807, 2.05) is 4.90 Å².